The summed E-state index contributed by atoms with van der Waals surface area (Å²) in [6.07, 6.45) is 2.76. The molecule has 1 aromatic carbocycles. The van der Waals surface area contributed by atoms with E-state index in [0.29, 0.717) is 18.7 Å². The van der Waals surface area contributed by atoms with E-state index in [-0.39, 0.29) is 17.6 Å². The average Bonchev–Trinajstić information content (AvgIpc) is 2.59. The van der Waals surface area contributed by atoms with Crippen LogP contribution in [0.2, 0.25) is 0 Å². The van der Waals surface area contributed by atoms with Crippen LogP contribution in [0.5, 0.6) is 0 Å². The number of nitrogens with zero attached hydrogens (tertiary/aromatic N) is 1. The molecule has 6 nitrogen and oxygen atoms in total. The molecule has 1 spiro atoms. The third-order valence-electron chi connectivity index (χ3n) is 5.29. The minimum Gasteiger partial charge on any atom is -0.456 e. The van der Waals surface area contributed by atoms with Crippen molar-refractivity contribution in [3.05, 3.63) is 35.9 Å². The van der Waals surface area contributed by atoms with Crippen LogP contribution in [0.4, 0.5) is 4.79 Å². The maximum Gasteiger partial charge on any atom is 0.410 e. The van der Waals surface area contributed by atoms with Crippen LogP contribution in [0.25, 0.3) is 0 Å². The number of Topliss-reactive ketones (excluding diaryl/α,β-unsaturated/α-hetero) is 1. The Balaban J connectivity index is 1.44. The Morgan fingerprint density at radius 1 is 1.04 bits per heavy atom. The lowest BCUT2D eigenvalue weighted by molar-refractivity contribution is -0.158. The summed E-state index contributed by atoms with van der Waals surface area (Å²) in [5.41, 5.74) is -0.0331. The van der Waals surface area contributed by atoms with Gasteiger partial charge in [0, 0.05) is 18.7 Å². The highest BCUT2D eigenvalue weighted by Crippen LogP contribution is 2.50. The summed E-state index contributed by atoms with van der Waals surface area (Å²) in [7, 11) is 0. The Hall–Kier alpha value is -2.37. The molecule has 0 radical (unpaired) electrons. The van der Waals surface area contributed by atoms with Gasteiger partial charge in [0.1, 0.15) is 11.7 Å². The van der Waals surface area contributed by atoms with Crippen LogP contribution < -0.4 is 0 Å². The molecular weight excluding hydrogens is 346 g/mol. The van der Waals surface area contributed by atoms with Crippen molar-refractivity contribution in [2.45, 2.75) is 58.2 Å². The van der Waals surface area contributed by atoms with Gasteiger partial charge in [-0.1, -0.05) is 30.3 Å². The van der Waals surface area contributed by atoms with E-state index >= 15 is 0 Å². The van der Waals surface area contributed by atoms with Gasteiger partial charge in [0.2, 0.25) is 0 Å². The summed E-state index contributed by atoms with van der Waals surface area (Å²) in [5.74, 6) is -1.39. The summed E-state index contributed by atoms with van der Waals surface area (Å²) in [6.45, 7) is 6.88. The SMILES string of the molecule is CC(C)(C)OC(=O)N1CCC2(CC1)CC(OC(=O)C(=O)c1ccccc1)C2. The number of hydrogen-bond donors (Lipinski definition) is 0. The zero-order valence-electron chi connectivity index (χ0n) is 16.2. The van der Waals surface area contributed by atoms with Crippen LogP contribution in [0.15, 0.2) is 30.3 Å². The molecule has 0 bridgehead atoms. The van der Waals surface area contributed by atoms with Crippen molar-refractivity contribution < 1.29 is 23.9 Å². The molecule has 0 aromatic heterocycles. The molecule has 27 heavy (non-hydrogen) atoms. The van der Waals surface area contributed by atoms with Gasteiger partial charge in [-0.25, -0.2) is 9.59 Å². The molecule has 2 aliphatic rings. The Bertz CT molecular complexity index is 706. The molecule has 0 unspecified atom stereocenters. The molecule has 3 rings (SSSR count). The van der Waals surface area contributed by atoms with Crippen LogP contribution in [0.1, 0.15) is 56.8 Å². The van der Waals surface area contributed by atoms with E-state index in [1.54, 1.807) is 35.2 Å². The van der Waals surface area contributed by atoms with Gasteiger partial charge in [-0.3, -0.25) is 4.79 Å². The number of ketones is 1. The first-order valence-electron chi connectivity index (χ1n) is 9.46. The van der Waals surface area contributed by atoms with E-state index in [4.69, 9.17) is 9.47 Å². The average molecular weight is 373 g/mol. The molecule has 1 saturated carbocycles. The van der Waals surface area contributed by atoms with Crippen molar-refractivity contribution >= 4 is 17.8 Å². The fourth-order valence-electron chi connectivity index (χ4n) is 3.80. The number of ether oxygens (including phenoxy) is 2. The Morgan fingerprint density at radius 2 is 1.63 bits per heavy atom. The van der Waals surface area contributed by atoms with Gasteiger partial charge in [0.25, 0.3) is 5.78 Å². The van der Waals surface area contributed by atoms with Gasteiger partial charge in [0.15, 0.2) is 0 Å². The van der Waals surface area contributed by atoms with Crippen LogP contribution in [0.3, 0.4) is 0 Å². The minimum atomic E-state index is -0.785. The largest absolute Gasteiger partial charge is 0.456 e. The van der Waals surface area contributed by atoms with Gasteiger partial charge >= 0.3 is 12.1 Å². The fourth-order valence-corrected chi connectivity index (χ4v) is 3.80. The smallest absolute Gasteiger partial charge is 0.410 e. The van der Waals surface area contributed by atoms with Crippen LogP contribution in [-0.4, -0.2) is 47.5 Å². The van der Waals surface area contributed by atoms with Crippen molar-refractivity contribution in [3.63, 3.8) is 0 Å². The van der Waals surface area contributed by atoms with Gasteiger partial charge < -0.3 is 14.4 Å². The van der Waals surface area contributed by atoms with Crippen LogP contribution >= 0.6 is 0 Å². The lowest BCUT2D eigenvalue weighted by atomic mass is 9.61. The number of piperidine rings is 1. The first-order chi connectivity index (χ1) is 12.7. The second-order valence-electron chi connectivity index (χ2n) is 8.60. The summed E-state index contributed by atoms with van der Waals surface area (Å²) >= 11 is 0. The molecule has 2 fully saturated rings. The molecule has 146 valence electrons. The minimum absolute atomic E-state index is 0.110. The molecular formula is C21H27NO5. The van der Waals surface area contributed by atoms with Crippen LogP contribution in [0, 0.1) is 5.41 Å². The van der Waals surface area contributed by atoms with E-state index in [9.17, 15) is 14.4 Å². The van der Waals surface area contributed by atoms with E-state index in [1.807, 2.05) is 20.8 Å². The van der Waals surface area contributed by atoms with E-state index < -0.39 is 17.4 Å². The molecule has 1 aliphatic carbocycles. The predicted octanol–water partition coefficient (Wildman–Crippen LogP) is 3.59. The second kappa shape index (κ2) is 7.33. The molecule has 0 N–H and O–H groups in total. The quantitative estimate of drug-likeness (QED) is 0.460. The number of carbonyl (C=O) groups excluding carboxylic acids is 3. The first kappa shape index (κ1) is 19.4. The topological polar surface area (TPSA) is 72.9 Å². The maximum atomic E-state index is 12.1. The molecule has 1 aliphatic heterocycles. The summed E-state index contributed by atoms with van der Waals surface area (Å²) in [4.78, 5) is 38.0. The van der Waals surface area contributed by atoms with Crippen molar-refractivity contribution in [1.29, 1.82) is 0 Å². The van der Waals surface area contributed by atoms with Gasteiger partial charge in [-0.15, -0.1) is 0 Å². The summed E-state index contributed by atoms with van der Waals surface area (Å²) in [5, 5.41) is 0. The molecule has 1 saturated heterocycles. The molecule has 1 heterocycles. The predicted molar refractivity (Wildman–Crippen MR) is 99.4 cm³/mol. The van der Waals surface area contributed by atoms with Crippen molar-refractivity contribution in [2.75, 3.05) is 13.1 Å². The van der Waals surface area contributed by atoms with Gasteiger partial charge in [-0.2, -0.15) is 0 Å². The summed E-state index contributed by atoms with van der Waals surface area (Å²) in [6, 6.07) is 8.45. The van der Waals surface area contributed by atoms with Gasteiger partial charge in [-0.05, 0) is 51.9 Å². The molecule has 6 heteroatoms. The van der Waals surface area contributed by atoms with Gasteiger partial charge in [0.05, 0.1) is 0 Å². The Labute approximate surface area is 159 Å². The number of esters is 1. The normalized spacial score (nSPS) is 19.3. The first-order valence-corrected chi connectivity index (χ1v) is 9.46. The number of hydrogen-bond acceptors (Lipinski definition) is 5. The highest BCUT2D eigenvalue weighted by Gasteiger charge is 2.48. The van der Waals surface area contributed by atoms with E-state index in [0.717, 1.165) is 25.7 Å². The molecule has 1 amide bonds. The standard InChI is InChI=1S/C21H27NO5/c1-20(2,3)27-19(25)22-11-9-21(10-12-22)13-16(14-21)26-18(24)17(23)15-7-5-4-6-8-15/h4-8,16H,9-14H2,1-3H3. The third kappa shape index (κ3) is 4.67. The third-order valence-corrected chi connectivity index (χ3v) is 5.29. The zero-order valence-corrected chi connectivity index (χ0v) is 16.2. The number of amides is 1. The van der Waals surface area contributed by atoms with Crippen molar-refractivity contribution in [3.8, 4) is 0 Å². The highest BCUT2D eigenvalue weighted by molar-refractivity contribution is 6.40. The molecule has 0 atom stereocenters. The number of benzene rings is 1. The number of carbonyl (C=O) groups is 3. The fraction of sp³-hybridized carbons (Fsp3) is 0.571. The zero-order chi connectivity index (χ0) is 19.7. The maximum absolute atomic E-state index is 12.1. The Morgan fingerprint density at radius 3 is 2.19 bits per heavy atom. The molecule has 1 aromatic rings. The Kier molecular flexibility index (Phi) is 5.27. The lowest BCUT2D eigenvalue weighted by Gasteiger charge is -2.51. The van der Waals surface area contributed by atoms with E-state index in [1.165, 1.54) is 0 Å². The monoisotopic (exact) mass is 373 g/mol. The highest BCUT2D eigenvalue weighted by atomic mass is 16.6. The number of likely N-dealkylation sites (tertiary alicyclic amines) is 1. The summed E-state index contributed by atoms with van der Waals surface area (Å²) < 4.78 is 10.8. The lowest BCUT2D eigenvalue weighted by Crippen LogP contribution is -2.52. The van der Waals surface area contributed by atoms with E-state index in [2.05, 4.69) is 0 Å². The van der Waals surface area contributed by atoms with Crippen LogP contribution in [-0.2, 0) is 14.3 Å². The number of rotatable bonds is 3. The van der Waals surface area contributed by atoms with Crippen molar-refractivity contribution in [2.24, 2.45) is 5.41 Å². The second-order valence-corrected chi connectivity index (χ2v) is 8.60. The van der Waals surface area contributed by atoms with Crippen molar-refractivity contribution in [1.82, 2.24) is 4.90 Å².